The topological polar surface area (TPSA) is 78.5 Å². The van der Waals surface area contributed by atoms with E-state index in [-0.39, 0.29) is 23.1 Å². The van der Waals surface area contributed by atoms with Gasteiger partial charge in [-0.15, -0.1) is 0 Å². The molecule has 1 amide bonds. The lowest BCUT2D eigenvalue weighted by molar-refractivity contribution is -0.115. The molecule has 2 heterocycles. The minimum absolute atomic E-state index is 0.102. The fourth-order valence-corrected chi connectivity index (χ4v) is 4.72. The second-order valence-electron chi connectivity index (χ2n) is 6.83. The van der Waals surface area contributed by atoms with Crippen molar-refractivity contribution in [2.45, 2.75) is 17.7 Å². The van der Waals surface area contributed by atoms with Crippen LogP contribution in [0.1, 0.15) is 12.0 Å². The van der Waals surface area contributed by atoms with Gasteiger partial charge in [-0.2, -0.15) is 0 Å². The van der Waals surface area contributed by atoms with E-state index >= 15 is 0 Å². The van der Waals surface area contributed by atoms with Crippen molar-refractivity contribution in [3.05, 3.63) is 54.1 Å². The van der Waals surface area contributed by atoms with Crippen LogP contribution in [0.3, 0.4) is 0 Å². The van der Waals surface area contributed by atoms with Gasteiger partial charge in [0.05, 0.1) is 11.3 Å². The van der Waals surface area contributed by atoms with E-state index in [0.29, 0.717) is 12.2 Å². The minimum Gasteiger partial charge on any atom is -0.371 e. The second-order valence-corrected chi connectivity index (χ2v) is 8.60. The summed E-state index contributed by atoms with van der Waals surface area (Å²) in [7, 11) is -3.58. The number of rotatable bonds is 5. The molecule has 1 atom stereocenters. The van der Waals surface area contributed by atoms with Crippen LogP contribution in [0, 0.1) is 5.92 Å². The maximum absolute atomic E-state index is 12.6. The van der Waals surface area contributed by atoms with Gasteiger partial charge >= 0.3 is 0 Å². The first-order chi connectivity index (χ1) is 12.5. The minimum atomic E-state index is -3.58. The molecule has 2 aliphatic rings. The number of hydrogen-bond donors (Lipinski definition) is 2. The van der Waals surface area contributed by atoms with Crippen LogP contribution >= 0.6 is 0 Å². The molecule has 1 saturated heterocycles. The Morgan fingerprint density at radius 1 is 1.15 bits per heavy atom. The zero-order valence-corrected chi connectivity index (χ0v) is 15.1. The summed E-state index contributed by atoms with van der Waals surface area (Å²) in [5.74, 6) is 0.178. The van der Waals surface area contributed by atoms with Crippen molar-refractivity contribution in [3.63, 3.8) is 0 Å². The average Bonchev–Trinajstić information content (AvgIpc) is 3.25. The molecule has 0 aliphatic carbocycles. The predicted molar refractivity (Wildman–Crippen MR) is 101 cm³/mol. The number of nitrogens with one attached hydrogen (secondary N) is 2. The Bertz CT molecular complexity index is 928. The smallest absolute Gasteiger partial charge is 0.240 e. The normalized spacial score (nSPS) is 19.5. The molecule has 2 aromatic rings. The van der Waals surface area contributed by atoms with E-state index < -0.39 is 10.0 Å². The van der Waals surface area contributed by atoms with Crippen LogP contribution in [0.15, 0.2) is 53.4 Å². The van der Waals surface area contributed by atoms with Crippen molar-refractivity contribution in [1.82, 2.24) is 4.72 Å². The molecule has 0 saturated carbocycles. The Morgan fingerprint density at radius 3 is 2.77 bits per heavy atom. The first-order valence-electron chi connectivity index (χ1n) is 8.74. The van der Waals surface area contributed by atoms with Gasteiger partial charge in [-0.3, -0.25) is 4.79 Å². The van der Waals surface area contributed by atoms with Gasteiger partial charge in [0.2, 0.25) is 15.9 Å². The van der Waals surface area contributed by atoms with E-state index in [0.717, 1.165) is 25.1 Å². The molecule has 1 fully saturated rings. The van der Waals surface area contributed by atoms with Gasteiger partial charge in [-0.25, -0.2) is 13.1 Å². The molecule has 0 radical (unpaired) electrons. The number of nitrogens with zero attached hydrogens (tertiary/aromatic N) is 1. The monoisotopic (exact) mass is 371 g/mol. The molecule has 26 heavy (non-hydrogen) atoms. The molecule has 2 aromatic carbocycles. The molecule has 4 rings (SSSR count). The van der Waals surface area contributed by atoms with E-state index in [9.17, 15) is 13.2 Å². The Balaban J connectivity index is 1.39. The fraction of sp³-hybridized carbons (Fsp3) is 0.316. The SMILES string of the molecule is O=C1Cc2cc(S(=O)(=O)NCC3CCN(c4ccccc4)C3)ccc2N1. The van der Waals surface area contributed by atoms with Crippen LogP contribution in [0.25, 0.3) is 0 Å². The number of fused-ring (bicyclic) bond motifs is 1. The molecule has 2 aliphatic heterocycles. The number of anilines is 2. The van der Waals surface area contributed by atoms with E-state index in [1.807, 2.05) is 18.2 Å². The molecule has 0 spiro atoms. The highest BCUT2D eigenvalue weighted by molar-refractivity contribution is 7.89. The van der Waals surface area contributed by atoms with Gasteiger partial charge in [-0.05, 0) is 48.2 Å². The quantitative estimate of drug-likeness (QED) is 0.843. The summed E-state index contributed by atoms with van der Waals surface area (Å²) in [5.41, 5.74) is 2.60. The highest BCUT2D eigenvalue weighted by Crippen LogP contribution is 2.26. The van der Waals surface area contributed by atoms with Crippen molar-refractivity contribution < 1.29 is 13.2 Å². The summed E-state index contributed by atoms with van der Waals surface area (Å²) in [6.07, 6.45) is 1.19. The first-order valence-corrected chi connectivity index (χ1v) is 10.2. The van der Waals surface area contributed by atoms with E-state index in [1.165, 1.54) is 11.8 Å². The number of hydrogen-bond acceptors (Lipinski definition) is 4. The molecule has 136 valence electrons. The molecule has 0 aromatic heterocycles. The highest BCUT2D eigenvalue weighted by atomic mass is 32.2. The second kappa shape index (κ2) is 6.74. The zero-order chi connectivity index (χ0) is 18.1. The third kappa shape index (κ3) is 3.45. The van der Waals surface area contributed by atoms with E-state index in [4.69, 9.17) is 0 Å². The number of carbonyl (C=O) groups is 1. The standard InChI is InChI=1S/C19H21N3O3S/c23-19-11-15-10-17(6-7-18(15)21-19)26(24,25)20-12-14-8-9-22(13-14)16-4-2-1-3-5-16/h1-7,10,14,20H,8-9,11-13H2,(H,21,23). The molecule has 6 nitrogen and oxygen atoms in total. The maximum atomic E-state index is 12.6. The number of benzene rings is 2. The van der Waals surface area contributed by atoms with Crippen LogP contribution < -0.4 is 14.9 Å². The number of para-hydroxylation sites is 1. The van der Waals surface area contributed by atoms with Gasteiger partial charge < -0.3 is 10.2 Å². The largest absolute Gasteiger partial charge is 0.371 e. The molecular weight excluding hydrogens is 350 g/mol. The number of carbonyl (C=O) groups excluding carboxylic acids is 1. The lowest BCUT2D eigenvalue weighted by Crippen LogP contribution is -2.31. The Morgan fingerprint density at radius 2 is 1.96 bits per heavy atom. The van der Waals surface area contributed by atoms with Crippen molar-refractivity contribution in [2.75, 3.05) is 29.9 Å². The van der Waals surface area contributed by atoms with Gasteiger partial charge in [0, 0.05) is 31.0 Å². The van der Waals surface area contributed by atoms with Crippen molar-refractivity contribution >= 4 is 27.3 Å². The number of sulfonamides is 1. The lowest BCUT2D eigenvalue weighted by Gasteiger charge is -2.18. The van der Waals surface area contributed by atoms with Gasteiger partial charge in [-0.1, -0.05) is 18.2 Å². The zero-order valence-electron chi connectivity index (χ0n) is 14.3. The van der Waals surface area contributed by atoms with Gasteiger partial charge in [0.15, 0.2) is 0 Å². The summed E-state index contributed by atoms with van der Waals surface area (Å²) in [4.78, 5) is 13.9. The Hall–Kier alpha value is -2.38. The fourth-order valence-electron chi connectivity index (χ4n) is 3.56. The summed E-state index contributed by atoms with van der Waals surface area (Å²) in [5, 5.41) is 2.71. The van der Waals surface area contributed by atoms with E-state index in [2.05, 4.69) is 27.1 Å². The average molecular weight is 371 g/mol. The summed E-state index contributed by atoms with van der Waals surface area (Å²) in [6.45, 7) is 2.19. The van der Waals surface area contributed by atoms with Crippen molar-refractivity contribution in [2.24, 2.45) is 5.92 Å². The molecule has 2 N–H and O–H groups in total. The molecular formula is C19H21N3O3S. The number of amides is 1. The van der Waals surface area contributed by atoms with Crippen LogP contribution in [0.5, 0.6) is 0 Å². The van der Waals surface area contributed by atoms with Crippen molar-refractivity contribution in [1.29, 1.82) is 0 Å². The van der Waals surface area contributed by atoms with Crippen LogP contribution in [0.4, 0.5) is 11.4 Å². The van der Waals surface area contributed by atoms with Crippen LogP contribution in [0.2, 0.25) is 0 Å². The Labute approximate surface area is 153 Å². The molecule has 7 heteroatoms. The van der Waals surface area contributed by atoms with Gasteiger partial charge in [0.1, 0.15) is 0 Å². The van der Waals surface area contributed by atoms with Crippen molar-refractivity contribution in [3.8, 4) is 0 Å². The third-order valence-electron chi connectivity index (χ3n) is 4.98. The predicted octanol–water partition coefficient (Wildman–Crippen LogP) is 1.99. The molecule has 1 unspecified atom stereocenters. The third-order valence-corrected chi connectivity index (χ3v) is 6.40. The summed E-state index contributed by atoms with van der Waals surface area (Å²) < 4.78 is 27.9. The summed E-state index contributed by atoms with van der Waals surface area (Å²) in [6, 6.07) is 14.9. The highest BCUT2D eigenvalue weighted by Gasteiger charge is 2.26. The molecule has 0 bridgehead atoms. The van der Waals surface area contributed by atoms with Crippen LogP contribution in [-0.4, -0.2) is 34.0 Å². The van der Waals surface area contributed by atoms with Gasteiger partial charge in [0.25, 0.3) is 0 Å². The van der Waals surface area contributed by atoms with Crippen LogP contribution in [-0.2, 0) is 21.2 Å². The summed E-state index contributed by atoms with van der Waals surface area (Å²) >= 11 is 0. The lowest BCUT2D eigenvalue weighted by atomic mass is 10.1. The van der Waals surface area contributed by atoms with E-state index in [1.54, 1.807) is 12.1 Å². The maximum Gasteiger partial charge on any atom is 0.240 e. The first kappa shape index (κ1) is 17.1. The Kier molecular flexibility index (Phi) is 4.42.